The molecule has 22 heavy (non-hydrogen) atoms. The molecule has 0 aliphatic heterocycles. The van der Waals surface area contributed by atoms with Crippen LogP contribution in [0.3, 0.4) is 0 Å². The molecule has 0 heterocycles. The van der Waals surface area contributed by atoms with Gasteiger partial charge in [-0.15, -0.1) is 0 Å². The van der Waals surface area contributed by atoms with Crippen LogP contribution in [0.15, 0.2) is 12.2 Å². The lowest BCUT2D eigenvalue weighted by molar-refractivity contribution is -0.232. The van der Waals surface area contributed by atoms with Crippen molar-refractivity contribution >= 4 is 5.97 Å². The number of ether oxygens (including phenoxy) is 1. The fourth-order valence-corrected chi connectivity index (χ4v) is 5.70. The van der Waals surface area contributed by atoms with Gasteiger partial charge >= 0.3 is 12.1 Å². The van der Waals surface area contributed by atoms with Gasteiger partial charge in [0.2, 0.25) is 0 Å². The van der Waals surface area contributed by atoms with E-state index < -0.39 is 23.3 Å². The summed E-state index contributed by atoms with van der Waals surface area (Å²) in [7, 11) is 0. The Morgan fingerprint density at radius 1 is 1.05 bits per heavy atom. The van der Waals surface area contributed by atoms with Gasteiger partial charge in [0.1, 0.15) is 11.2 Å². The molecule has 124 valence electrons. The highest BCUT2D eigenvalue weighted by Gasteiger charge is 2.64. The normalized spacial score (nSPS) is 46.6. The second-order valence-electron chi connectivity index (χ2n) is 8.56. The van der Waals surface area contributed by atoms with Crippen LogP contribution in [0.5, 0.6) is 0 Å². The van der Waals surface area contributed by atoms with Crippen molar-refractivity contribution in [3.8, 4) is 0 Å². The summed E-state index contributed by atoms with van der Waals surface area (Å²) in [6, 6.07) is 0. The number of rotatable bonds is 2. The molecule has 0 atom stereocenters. The minimum Gasteiger partial charge on any atom is -0.455 e. The van der Waals surface area contributed by atoms with E-state index in [0.29, 0.717) is 0 Å². The third kappa shape index (κ3) is 2.28. The molecule has 4 fully saturated rings. The number of alkyl halides is 3. The Morgan fingerprint density at radius 3 is 1.82 bits per heavy atom. The van der Waals surface area contributed by atoms with E-state index in [2.05, 4.69) is 20.4 Å². The predicted molar refractivity (Wildman–Crippen MR) is 76.0 cm³/mol. The molecule has 0 aromatic carbocycles. The highest BCUT2D eigenvalue weighted by atomic mass is 19.4. The van der Waals surface area contributed by atoms with Crippen molar-refractivity contribution in [2.24, 2.45) is 22.7 Å². The van der Waals surface area contributed by atoms with Gasteiger partial charge in [-0.05, 0) is 61.7 Å². The van der Waals surface area contributed by atoms with E-state index in [4.69, 9.17) is 4.74 Å². The first kappa shape index (κ1) is 15.9. The summed E-state index contributed by atoms with van der Waals surface area (Å²) in [5, 5.41) is 0. The van der Waals surface area contributed by atoms with Gasteiger partial charge in [-0.2, -0.15) is 13.2 Å². The van der Waals surface area contributed by atoms with Gasteiger partial charge in [0, 0.05) is 0 Å². The Bertz CT molecular complexity index is 499. The lowest BCUT2D eigenvalue weighted by Crippen LogP contribution is -2.63. The number of carbonyl (C=O) groups is 1. The van der Waals surface area contributed by atoms with Gasteiger partial charge in [0.15, 0.2) is 0 Å². The molecule has 4 bridgehead atoms. The summed E-state index contributed by atoms with van der Waals surface area (Å²) in [5.41, 5.74) is -1.70. The predicted octanol–water partition coefficient (Wildman–Crippen LogP) is 4.64. The summed E-state index contributed by atoms with van der Waals surface area (Å²) in [6.07, 6.45) is 0.176. The Morgan fingerprint density at radius 2 is 1.45 bits per heavy atom. The molecule has 0 aromatic heterocycles. The second kappa shape index (κ2) is 4.30. The van der Waals surface area contributed by atoms with E-state index in [0.717, 1.165) is 25.7 Å². The van der Waals surface area contributed by atoms with E-state index in [1.54, 1.807) is 0 Å². The van der Waals surface area contributed by atoms with Gasteiger partial charge in [0.25, 0.3) is 0 Å². The van der Waals surface area contributed by atoms with Crippen molar-refractivity contribution in [2.75, 3.05) is 0 Å². The van der Waals surface area contributed by atoms with Crippen molar-refractivity contribution in [3.63, 3.8) is 0 Å². The maximum Gasteiger partial charge on any atom is 0.422 e. The molecule has 0 radical (unpaired) electrons. The van der Waals surface area contributed by atoms with Crippen LogP contribution in [0.2, 0.25) is 0 Å². The van der Waals surface area contributed by atoms with E-state index in [-0.39, 0.29) is 22.7 Å². The average Bonchev–Trinajstić information content (AvgIpc) is 2.31. The Balaban J connectivity index is 1.83. The Kier molecular flexibility index (Phi) is 3.10. The highest BCUT2D eigenvalue weighted by Crippen LogP contribution is 2.68. The van der Waals surface area contributed by atoms with Crippen LogP contribution in [0.1, 0.15) is 52.9 Å². The third-order valence-electron chi connectivity index (χ3n) is 6.33. The van der Waals surface area contributed by atoms with Crippen molar-refractivity contribution in [1.82, 2.24) is 0 Å². The molecule has 0 saturated heterocycles. The van der Waals surface area contributed by atoms with Gasteiger partial charge in [-0.3, -0.25) is 0 Å². The van der Waals surface area contributed by atoms with Crippen molar-refractivity contribution in [1.29, 1.82) is 0 Å². The third-order valence-corrected chi connectivity index (χ3v) is 6.33. The SMILES string of the molecule is C=C(C(=O)OC1(C)C2CC3(C)CC1CC(C)(C2)C3)C(F)(F)F. The molecular weight excluding hydrogens is 293 g/mol. The first-order chi connectivity index (χ1) is 9.87. The molecule has 0 N–H and O–H groups in total. The van der Waals surface area contributed by atoms with Gasteiger partial charge in [-0.1, -0.05) is 20.4 Å². The Hall–Kier alpha value is -1.00. The monoisotopic (exact) mass is 316 g/mol. The van der Waals surface area contributed by atoms with Crippen LogP contribution < -0.4 is 0 Å². The average molecular weight is 316 g/mol. The zero-order valence-corrected chi connectivity index (χ0v) is 13.3. The van der Waals surface area contributed by atoms with E-state index in [1.807, 2.05) is 6.92 Å². The summed E-state index contributed by atoms with van der Waals surface area (Å²) >= 11 is 0. The number of halogens is 3. The first-order valence-electron chi connectivity index (χ1n) is 7.86. The molecule has 4 aliphatic carbocycles. The smallest absolute Gasteiger partial charge is 0.422 e. The molecule has 0 amide bonds. The minimum atomic E-state index is -4.72. The van der Waals surface area contributed by atoms with Gasteiger partial charge in [-0.25, -0.2) is 4.79 Å². The van der Waals surface area contributed by atoms with Crippen LogP contribution in [-0.4, -0.2) is 17.7 Å². The minimum absolute atomic E-state index is 0.147. The largest absolute Gasteiger partial charge is 0.455 e. The molecule has 5 heteroatoms. The summed E-state index contributed by atoms with van der Waals surface area (Å²) in [4.78, 5) is 11.9. The second-order valence-corrected chi connectivity index (χ2v) is 8.56. The number of carbonyl (C=O) groups excluding carboxylic acids is 1. The van der Waals surface area contributed by atoms with E-state index in [1.165, 1.54) is 6.42 Å². The topological polar surface area (TPSA) is 26.3 Å². The zero-order chi connectivity index (χ0) is 16.6. The summed E-state index contributed by atoms with van der Waals surface area (Å²) in [6.45, 7) is 9.22. The molecule has 0 aromatic rings. The van der Waals surface area contributed by atoms with Crippen LogP contribution in [0.25, 0.3) is 0 Å². The highest BCUT2D eigenvalue weighted by molar-refractivity contribution is 5.89. The molecule has 2 nitrogen and oxygen atoms in total. The number of esters is 1. The molecule has 0 spiro atoms. The maximum atomic E-state index is 12.7. The van der Waals surface area contributed by atoms with Crippen molar-refractivity contribution in [3.05, 3.63) is 12.2 Å². The van der Waals surface area contributed by atoms with Crippen LogP contribution in [0.4, 0.5) is 13.2 Å². The van der Waals surface area contributed by atoms with Crippen LogP contribution in [-0.2, 0) is 9.53 Å². The molecule has 4 aliphatic rings. The van der Waals surface area contributed by atoms with Crippen LogP contribution in [0, 0.1) is 22.7 Å². The van der Waals surface area contributed by atoms with Gasteiger partial charge in [0.05, 0.1) is 0 Å². The lowest BCUT2D eigenvalue weighted by atomic mass is 9.41. The quantitative estimate of drug-likeness (QED) is 0.548. The molecule has 4 rings (SSSR count). The van der Waals surface area contributed by atoms with Gasteiger partial charge < -0.3 is 4.74 Å². The number of hydrogen-bond acceptors (Lipinski definition) is 2. The maximum absolute atomic E-state index is 12.7. The Labute approximate surface area is 129 Å². The van der Waals surface area contributed by atoms with E-state index >= 15 is 0 Å². The fourth-order valence-electron chi connectivity index (χ4n) is 5.70. The van der Waals surface area contributed by atoms with Crippen molar-refractivity contribution in [2.45, 2.75) is 64.7 Å². The molecular formula is C17H23F3O2. The summed E-state index contributed by atoms with van der Waals surface area (Å²) < 4.78 is 43.4. The fraction of sp³-hybridized carbons (Fsp3) is 0.824. The standard InChI is InChI=1S/C17H23F3O2/c1-10(17(18,19)20)13(21)22-16(4)11-5-14(2)6-12(16)8-15(3,7-11)9-14/h11-12H,1,5-9H2,2-4H3. The van der Waals surface area contributed by atoms with Crippen molar-refractivity contribution < 1.29 is 22.7 Å². The van der Waals surface area contributed by atoms with E-state index in [9.17, 15) is 18.0 Å². The first-order valence-corrected chi connectivity index (χ1v) is 7.86. The number of hydrogen-bond donors (Lipinski definition) is 0. The molecule has 4 saturated carbocycles. The summed E-state index contributed by atoms with van der Waals surface area (Å²) in [5.74, 6) is -1.01. The van der Waals surface area contributed by atoms with Crippen LogP contribution >= 0.6 is 0 Å². The lowest BCUT2D eigenvalue weighted by Gasteiger charge is -2.66. The zero-order valence-electron chi connectivity index (χ0n) is 13.3. The molecule has 0 unspecified atom stereocenters.